The summed E-state index contributed by atoms with van der Waals surface area (Å²) in [6.45, 7) is 0.372. The number of aliphatic hydroxyl groups excluding tert-OH is 1. The highest BCUT2D eigenvalue weighted by molar-refractivity contribution is 7.98. The molecule has 0 aliphatic heterocycles. The average molecular weight is 275 g/mol. The van der Waals surface area contributed by atoms with Crippen LogP contribution in [-0.4, -0.2) is 32.1 Å². The van der Waals surface area contributed by atoms with Gasteiger partial charge in [0.2, 0.25) is 10.0 Å². The lowest BCUT2D eigenvalue weighted by atomic mass is 10.1. The zero-order valence-corrected chi connectivity index (χ0v) is 11.4. The maximum absolute atomic E-state index is 11.7. The van der Waals surface area contributed by atoms with Crippen LogP contribution in [0.2, 0.25) is 0 Å². The average Bonchev–Trinajstić information content (AvgIpc) is 2.29. The molecule has 0 radical (unpaired) electrons. The molecule has 1 aromatic carbocycles. The van der Waals surface area contributed by atoms with Crippen molar-refractivity contribution in [1.82, 2.24) is 4.72 Å². The third-order valence-electron chi connectivity index (χ3n) is 2.16. The summed E-state index contributed by atoms with van der Waals surface area (Å²) >= 11 is 1.59. The molecule has 0 amide bonds. The van der Waals surface area contributed by atoms with Crippen molar-refractivity contribution in [3.8, 4) is 0 Å². The van der Waals surface area contributed by atoms with E-state index in [4.69, 9.17) is 5.11 Å². The Bertz CT molecular complexity index is 446. The second-order valence-electron chi connectivity index (χ2n) is 3.62. The van der Waals surface area contributed by atoms with Crippen molar-refractivity contribution >= 4 is 21.8 Å². The summed E-state index contributed by atoms with van der Waals surface area (Å²) in [5.74, 6) is 0.713. The first-order valence-corrected chi connectivity index (χ1v) is 8.27. The Morgan fingerprint density at radius 3 is 2.71 bits per heavy atom. The van der Waals surface area contributed by atoms with Crippen LogP contribution in [0.15, 0.2) is 24.3 Å². The standard InChI is InChI=1S/C11H17NO3S2/c1-16-6-5-12-17(14,15)9-11-4-2-3-10(7-11)8-13/h2-4,7,12-13H,5-6,8-9H2,1H3. The predicted molar refractivity (Wildman–Crippen MR) is 71.4 cm³/mol. The second kappa shape index (κ2) is 7.00. The van der Waals surface area contributed by atoms with Gasteiger partial charge >= 0.3 is 0 Å². The largest absolute Gasteiger partial charge is 0.392 e. The van der Waals surface area contributed by atoms with E-state index in [0.29, 0.717) is 12.1 Å². The van der Waals surface area contributed by atoms with Crippen molar-refractivity contribution in [2.45, 2.75) is 12.4 Å². The second-order valence-corrected chi connectivity index (χ2v) is 6.42. The lowest BCUT2D eigenvalue weighted by molar-refractivity contribution is 0.282. The molecular formula is C11H17NO3S2. The molecule has 0 unspecified atom stereocenters. The molecule has 2 N–H and O–H groups in total. The van der Waals surface area contributed by atoms with Crippen molar-refractivity contribution in [2.75, 3.05) is 18.6 Å². The molecule has 96 valence electrons. The molecule has 0 aromatic heterocycles. The molecule has 6 heteroatoms. The smallest absolute Gasteiger partial charge is 0.215 e. The first-order chi connectivity index (χ1) is 8.07. The summed E-state index contributed by atoms with van der Waals surface area (Å²) in [5.41, 5.74) is 1.41. The fourth-order valence-electron chi connectivity index (χ4n) is 1.39. The predicted octanol–water partition coefficient (Wildman–Crippen LogP) is 0.961. The van der Waals surface area contributed by atoms with Crippen molar-refractivity contribution in [2.24, 2.45) is 0 Å². The number of rotatable bonds is 7. The van der Waals surface area contributed by atoms with Crippen molar-refractivity contribution in [3.05, 3.63) is 35.4 Å². The van der Waals surface area contributed by atoms with Crippen LogP contribution in [0.5, 0.6) is 0 Å². The van der Waals surface area contributed by atoms with Gasteiger partial charge in [0.25, 0.3) is 0 Å². The van der Waals surface area contributed by atoms with Gasteiger partial charge in [-0.15, -0.1) is 0 Å². The van der Waals surface area contributed by atoms with E-state index >= 15 is 0 Å². The summed E-state index contributed by atoms with van der Waals surface area (Å²) in [5, 5.41) is 8.97. The number of hydrogen-bond acceptors (Lipinski definition) is 4. The molecule has 0 bridgehead atoms. The molecule has 0 aliphatic carbocycles. The van der Waals surface area contributed by atoms with E-state index in [1.165, 1.54) is 0 Å². The lowest BCUT2D eigenvalue weighted by Gasteiger charge is -2.07. The van der Waals surface area contributed by atoms with Gasteiger partial charge in [0.1, 0.15) is 0 Å². The Morgan fingerprint density at radius 2 is 2.06 bits per heavy atom. The molecular weight excluding hydrogens is 258 g/mol. The summed E-state index contributed by atoms with van der Waals surface area (Å²) in [6.07, 6.45) is 1.93. The zero-order chi connectivity index (χ0) is 12.7. The Morgan fingerprint density at radius 1 is 1.35 bits per heavy atom. The van der Waals surface area contributed by atoms with E-state index in [2.05, 4.69) is 4.72 Å². The maximum atomic E-state index is 11.7. The fraction of sp³-hybridized carbons (Fsp3) is 0.455. The van der Waals surface area contributed by atoms with Crippen molar-refractivity contribution in [3.63, 3.8) is 0 Å². The first kappa shape index (κ1) is 14.5. The molecule has 0 atom stereocenters. The molecule has 1 aromatic rings. The van der Waals surface area contributed by atoms with E-state index in [1.807, 2.05) is 6.26 Å². The van der Waals surface area contributed by atoms with Gasteiger partial charge in [-0.25, -0.2) is 13.1 Å². The molecule has 0 saturated heterocycles. The number of hydrogen-bond donors (Lipinski definition) is 2. The number of thioether (sulfide) groups is 1. The maximum Gasteiger partial charge on any atom is 0.215 e. The molecule has 0 heterocycles. The van der Waals surface area contributed by atoms with E-state index in [9.17, 15) is 8.42 Å². The van der Waals surface area contributed by atoms with Crippen LogP contribution in [-0.2, 0) is 22.4 Å². The van der Waals surface area contributed by atoms with Gasteiger partial charge in [-0.2, -0.15) is 11.8 Å². The fourth-order valence-corrected chi connectivity index (χ4v) is 2.96. The van der Waals surface area contributed by atoms with Gasteiger partial charge in [-0.3, -0.25) is 0 Å². The minimum atomic E-state index is -3.28. The van der Waals surface area contributed by atoms with E-state index in [1.54, 1.807) is 36.0 Å². The van der Waals surface area contributed by atoms with E-state index < -0.39 is 10.0 Å². The van der Waals surface area contributed by atoms with Gasteiger partial charge in [0, 0.05) is 12.3 Å². The van der Waals surface area contributed by atoms with Crippen LogP contribution in [0.1, 0.15) is 11.1 Å². The monoisotopic (exact) mass is 275 g/mol. The molecule has 1 rings (SSSR count). The molecule has 4 nitrogen and oxygen atoms in total. The quantitative estimate of drug-likeness (QED) is 0.728. The highest BCUT2D eigenvalue weighted by Crippen LogP contribution is 2.08. The Labute approximate surface area is 106 Å². The highest BCUT2D eigenvalue weighted by Gasteiger charge is 2.10. The van der Waals surface area contributed by atoms with E-state index in [0.717, 1.165) is 11.3 Å². The molecule has 0 saturated carbocycles. The van der Waals surface area contributed by atoms with Crippen LogP contribution in [0.25, 0.3) is 0 Å². The summed E-state index contributed by atoms with van der Waals surface area (Å²) in [4.78, 5) is 0. The number of sulfonamides is 1. The van der Waals surface area contributed by atoms with Crippen LogP contribution in [0, 0.1) is 0 Å². The molecule has 0 aliphatic rings. The summed E-state index contributed by atoms with van der Waals surface area (Å²) < 4.78 is 25.9. The third-order valence-corrected chi connectivity index (χ3v) is 4.13. The van der Waals surface area contributed by atoms with Gasteiger partial charge in [-0.1, -0.05) is 24.3 Å². The summed E-state index contributed by atoms with van der Waals surface area (Å²) in [7, 11) is -3.28. The topological polar surface area (TPSA) is 66.4 Å². The summed E-state index contributed by atoms with van der Waals surface area (Å²) in [6, 6.07) is 6.95. The minimum Gasteiger partial charge on any atom is -0.392 e. The van der Waals surface area contributed by atoms with Crippen molar-refractivity contribution in [1.29, 1.82) is 0 Å². The van der Waals surface area contributed by atoms with Crippen LogP contribution in [0.4, 0.5) is 0 Å². The SMILES string of the molecule is CSCCNS(=O)(=O)Cc1cccc(CO)c1. The molecule has 0 fully saturated rings. The van der Waals surface area contributed by atoms with Gasteiger partial charge in [-0.05, 0) is 17.4 Å². The third kappa shape index (κ3) is 5.54. The Balaban J connectivity index is 2.62. The Hall–Kier alpha value is -0.560. The first-order valence-electron chi connectivity index (χ1n) is 5.22. The molecule has 17 heavy (non-hydrogen) atoms. The highest BCUT2D eigenvalue weighted by atomic mass is 32.2. The van der Waals surface area contributed by atoms with Gasteiger partial charge in [0.05, 0.1) is 12.4 Å². The Kier molecular flexibility index (Phi) is 5.97. The number of benzene rings is 1. The van der Waals surface area contributed by atoms with Gasteiger partial charge < -0.3 is 5.11 Å². The van der Waals surface area contributed by atoms with Gasteiger partial charge in [0.15, 0.2) is 0 Å². The van der Waals surface area contributed by atoms with Crippen LogP contribution < -0.4 is 4.72 Å². The number of nitrogens with one attached hydrogen (secondary N) is 1. The van der Waals surface area contributed by atoms with E-state index in [-0.39, 0.29) is 12.4 Å². The van der Waals surface area contributed by atoms with Crippen LogP contribution in [0.3, 0.4) is 0 Å². The lowest BCUT2D eigenvalue weighted by Crippen LogP contribution is -2.27. The normalized spacial score (nSPS) is 11.6. The molecule has 0 spiro atoms. The van der Waals surface area contributed by atoms with Crippen LogP contribution >= 0.6 is 11.8 Å². The van der Waals surface area contributed by atoms with Crippen molar-refractivity contribution < 1.29 is 13.5 Å². The zero-order valence-electron chi connectivity index (χ0n) is 9.72. The minimum absolute atomic E-state index is 0.0464. The number of aliphatic hydroxyl groups is 1.